The number of carbonyl (C=O) groups is 2. The molecule has 1 aromatic heterocycles. The van der Waals surface area contributed by atoms with Crippen LogP contribution in [-0.2, 0) is 4.79 Å². The van der Waals surface area contributed by atoms with E-state index in [2.05, 4.69) is 4.98 Å². The number of aliphatic carboxylic acids is 1. The van der Waals surface area contributed by atoms with Crippen LogP contribution < -0.4 is 5.56 Å². The van der Waals surface area contributed by atoms with Crippen molar-refractivity contribution in [2.75, 3.05) is 13.1 Å². The number of hydrogen-bond donors (Lipinski definition) is 2. The van der Waals surface area contributed by atoms with E-state index in [-0.39, 0.29) is 29.4 Å². The van der Waals surface area contributed by atoms with Crippen LogP contribution in [0.1, 0.15) is 29.6 Å². The summed E-state index contributed by atoms with van der Waals surface area (Å²) in [6.45, 7) is 1.01. The Morgan fingerprint density at radius 2 is 2.05 bits per heavy atom. The van der Waals surface area contributed by atoms with Crippen LogP contribution in [0, 0.1) is 5.92 Å². The van der Waals surface area contributed by atoms with Gasteiger partial charge in [0.1, 0.15) is 5.56 Å². The Hall–Kier alpha value is -2.11. The molecule has 1 aliphatic heterocycles. The number of rotatable bonds is 3. The van der Waals surface area contributed by atoms with Gasteiger partial charge < -0.3 is 15.0 Å². The molecule has 0 spiro atoms. The molecule has 0 aliphatic carbocycles. The molecule has 0 saturated carbocycles. The summed E-state index contributed by atoms with van der Waals surface area (Å²) in [4.78, 5) is 38.4. The minimum absolute atomic E-state index is 0.121. The van der Waals surface area contributed by atoms with E-state index in [4.69, 9.17) is 5.11 Å². The molecule has 0 aromatic carbocycles. The highest BCUT2D eigenvalue weighted by Crippen LogP contribution is 2.21. The summed E-state index contributed by atoms with van der Waals surface area (Å²) in [5.74, 6) is -0.962. The van der Waals surface area contributed by atoms with Crippen molar-refractivity contribution in [1.29, 1.82) is 0 Å². The first-order valence-electron chi connectivity index (χ1n) is 6.26. The Labute approximate surface area is 110 Å². The SMILES string of the molecule is O=C(O)CC1CCN(C(=O)c2ccc[nH]c2=O)CC1. The Morgan fingerprint density at radius 1 is 1.37 bits per heavy atom. The van der Waals surface area contributed by atoms with Crippen LogP contribution in [0.15, 0.2) is 23.1 Å². The van der Waals surface area contributed by atoms with Gasteiger partial charge in [0.15, 0.2) is 0 Å². The number of nitrogens with one attached hydrogen (secondary N) is 1. The van der Waals surface area contributed by atoms with Gasteiger partial charge in [-0.3, -0.25) is 14.4 Å². The number of aromatic amines is 1. The maximum atomic E-state index is 12.1. The molecule has 2 heterocycles. The average molecular weight is 264 g/mol. The number of hydrogen-bond acceptors (Lipinski definition) is 3. The fourth-order valence-electron chi connectivity index (χ4n) is 2.35. The van der Waals surface area contributed by atoms with Crippen molar-refractivity contribution in [3.63, 3.8) is 0 Å². The van der Waals surface area contributed by atoms with Gasteiger partial charge in [-0.2, -0.15) is 0 Å². The monoisotopic (exact) mass is 264 g/mol. The highest BCUT2D eigenvalue weighted by atomic mass is 16.4. The molecule has 1 amide bonds. The lowest BCUT2D eigenvalue weighted by atomic mass is 9.93. The summed E-state index contributed by atoms with van der Waals surface area (Å²) < 4.78 is 0. The second-order valence-electron chi connectivity index (χ2n) is 4.75. The molecule has 1 saturated heterocycles. The summed E-state index contributed by atoms with van der Waals surface area (Å²) in [6, 6.07) is 3.12. The Morgan fingerprint density at radius 3 is 2.63 bits per heavy atom. The Bertz CT molecular complexity index is 529. The summed E-state index contributed by atoms with van der Waals surface area (Å²) in [6.07, 6.45) is 2.97. The highest BCUT2D eigenvalue weighted by Gasteiger charge is 2.25. The smallest absolute Gasteiger partial charge is 0.303 e. The highest BCUT2D eigenvalue weighted by molar-refractivity contribution is 5.93. The number of pyridine rings is 1. The van der Waals surface area contributed by atoms with Crippen molar-refractivity contribution in [1.82, 2.24) is 9.88 Å². The Balaban J connectivity index is 1.98. The zero-order valence-corrected chi connectivity index (χ0v) is 10.5. The number of amides is 1. The van der Waals surface area contributed by atoms with Gasteiger partial charge in [0.05, 0.1) is 0 Å². The fraction of sp³-hybridized carbons (Fsp3) is 0.462. The molecule has 1 aromatic rings. The van der Waals surface area contributed by atoms with Gasteiger partial charge in [-0.25, -0.2) is 0 Å². The number of carbonyl (C=O) groups excluding carboxylic acids is 1. The second kappa shape index (κ2) is 5.69. The number of carboxylic acid groups (broad SMARTS) is 1. The second-order valence-corrected chi connectivity index (χ2v) is 4.75. The van der Waals surface area contributed by atoms with Gasteiger partial charge in [-0.1, -0.05) is 0 Å². The normalized spacial score (nSPS) is 16.3. The van der Waals surface area contributed by atoms with Gasteiger partial charge >= 0.3 is 5.97 Å². The van der Waals surface area contributed by atoms with Crippen LogP contribution in [0.25, 0.3) is 0 Å². The number of nitrogens with zero attached hydrogens (tertiary/aromatic N) is 1. The quantitative estimate of drug-likeness (QED) is 0.840. The van der Waals surface area contributed by atoms with E-state index in [0.29, 0.717) is 25.9 Å². The number of H-pyrrole nitrogens is 1. The lowest BCUT2D eigenvalue weighted by Crippen LogP contribution is -2.40. The van der Waals surface area contributed by atoms with E-state index >= 15 is 0 Å². The van der Waals surface area contributed by atoms with Crippen molar-refractivity contribution in [2.24, 2.45) is 5.92 Å². The summed E-state index contributed by atoms with van der Waals surface area (Å²) in [5.41, 5.74) is -0.251. The molecule has 0 bridgehead atoms. The maximum absolute atomic E-state index is 12.1. The molecule has 0 radical (unpaired) electrons. The predicted octanol–water partition coefficient (Wildman–Crippen LogP) is 0.702. The minimum atomic E-state index is -0.802. The van der Waals surface area contributed by atoms with E-state index < -0.39 is 5.97 Å². The van der Waals surface area contributed by atoms with Gasteiger partial charge in [-0.05, 0) is 30.9 Å². The first-order valence-corrected chi connectivity index (χ1v) is 6.26. The fourth-order valence-corrected chi connectivity index (χ4v) is 2.35. The molecule has 0 unspecified atom stereocenters. The van der Waals surface area contributed by atoms with E-state index in [1.807, 2.05) is 0 Å². The van der Waals surface area contributed by atoms with Gasteiger partial charge in [0, 0.05) is 25.7 Å². The lowest BCUT2D eigenvalue weighted by molar-refractivity contribution is -0.138. The molecule has 1 aliphatic rings. The number of carboxylic acids is 1. The molecule has 6 heteroatoms. The van der Waals surface area contributed by atoms with E-state index in [1.54, 1.807) is 11.0 Å². The lowest BCUT2D eigenvalue weighted by Gasteiger charge is -2.31. The van der Waals surface area contributed by atoms with E-state index in [9.17, 15) is 14.4 Å². The molecular weight excluding hydrogens is 248 g/mol. The first-order chi connectivity index (χ1) is 9.08. The van der Waals surface area contributed by atoms with Crippen molar-refractivity contribution < 1.29 is 14.7 Å². The molecule has 6 nitrogen and oxygen atoms in total. The molecule has 102 valence electrons. The van der Waals surface area contributed by atoms with E-state index in [1.165, 1.54) is 12.3 Å². The third kappa shape index (κ3) is 3.21. The standard InChI is InChI=1S/C13H16N2O4/c16-11(17)8-9-3-6-15(7-4-9)13(19)10-2-1-5-14-12(10)18/h1-2,5,9H,3-4,6-8H2,(H,14,18)(H,16,17). The number of aromatic nitrogens is 1. The van der Waals surface area contributed by atoms with Gasteiger partial charge in [0.2, 0.25) is 0 Å². The summed E-state index contributed by atoms with van der Waals surface area (Å²) in [7, 11) is 0. The third-order valence-electron chi connectivity index (χ3n) is 3.41. The number of piperidine rings is 1. The molecule has 0 atom stereocenters. The molecule has 2 rings (SSSR count). The zero-order valence-electron chi connectivity index (χ0n) is 10.5. The van der Waals surface area contributed by atoms with Crippen molar-refractivity contribution in [3.8, 4) is 0 Å². The largest absolute Gasteiger partial charge is 0.481 e. The van der Waals surface area contributed by atoms with Crippen LogP contribution in [0.2, 0.25) is 0 Å². The molecule has 19 heavy (non-hydrogen) atoms. The molecular formula is C13H16N2O4. The van der Waals surface area contributed by atoms with E-state index in [0.717, 1.165) is 0 Å². The predicted molar refractivity (Wildman–Crippen MR) is 67.9 cm³/mol. The first kappa shape index (κ1) is 13.3. The molecule has 1 fully saturated rings. The molecule has 2 N–H and O–H groups in total. The van der Waals surface area contributed by atoms with Crippen LogP contribution in [0.4, 0.5) is 0 Å². The maximum Gasteiger partial charge on any atom is 0.303 e. The summed E-state index contributed by atoms with van der Waals surface area (Å²) >= 11 is 0. The number of likely N-dealkylation sites (tertiary alicyclic amines) is 1. The van der Waals surface area contributed by atoms with Crippen molar-refractivity contribution in [3.05, 3.63) is 34.2 Å². The Kier molecular flexibility index (Phi) is 3.99. The minimum Gasteiger partial charge on any atom is -0.481 e. The van der Waals surface area contributed by atoms with Crippen LogP contribution in [0.3, 0.4) is 0 Å². The van der Waals surface area contributed by atoms with Crippen LogP contribution in [-0.4, -0.2) is 40.0 Å². The average Bonchev–Trinajstić information content (AvgIpc) is 2.39. The van der Waals surface area contributed by atoms with Crippen LogP contribution in [0.5, 0.6) is 0 Å². The van der Waals surface area contributed by atoms with Crippen LogP contribution >= 0.6 is 0 Å². The topological polar surface area (TPSA) is 90.5 Å². The summed E-state index contributed by atoms with van der Waals surface area (Å²) in [5, 5.41) is 8.73. The van der Waals surface area contributed by atoms with Crippen molar-refractivity contribution >= 4 is 11.9 Å². The van der Waals surface area contributed by atoms with Crippen molar-refractivity contribution in [2.45, 2.75) is 19.3 Å². The third-order valence-corrected chi connectivity index (χ3v) is 3.41. The van der Waals surface area contributed by atoms with Gasteiger partial charge in [-0.15, -0.1) is 0 Å². The zero-order chi connectivity index (χ0) is 13.8. The van der Waals surface area contributed by atoms with Gasteiger partial charge in [0.25, 0.3) is 11.5 Å².